The second-order valence-corrected chi connectivity index (χ2v) is 12.0. The summed E-state index contributed by atoms with van der Waals surface area (Å²) in [5.41, 5.74) is 182. The molecule has 520 valence electrons. The fourth-order valence-corrected chi connectivity index (χ4v) is 5.27. The summed E-state index contributed by atoms with van der Waals surface area (Å²) in [7, 11) is 22.5. The summed E-state index contributed by atoms with van der Waals surface area (Å²) in [5.74, 6) is 0. The minimum absolute atomic E-state index is 0. The van der Waals surface area contributed by atoms with Crippen LogP contribution in [-0.4, -0.2) is 214 Å². The molecule has 0 radical (unpaired) electrons. The molecule has 0 aliphatic heterocycles. The third kappa shape index (κ3) is 81.5. The lowest BCUT2D eigenvalue weighted by Crippen LogP contribution is -2.71. The molecule has 0 spiro atoms. The number of rotatable bonds is 0. The van der Waals surface area contributed by atoms with E-state index >= 15 is 0 Å². The van der Waals surface area contributed by atoms with Crippen molar-refractivity contribution in [1.82, 2.24) is 0 Å². The van der Waals surface area contributed by atoms with Gasteiger partial charge in [0, 0.05) is 113 Å². The Balaban J connectivity index is -0.0000000267. The maximum atomic E-state index is 6.35. The van der Waals surface area contributed by atoms with E-state index in [-0.39, 0.29) is 95.4 Å². The average molecular weight is 1200 g/mol. The van der Waals surface area contributed by atoms with Gasteiger partial charge in [-0.2, -0.15) is 13.5 Å². The quantitative estimate of drug-likeness (QED) is 0.107. The average Bonchev–Trinajstić information content (AvgIpc) is 3.46. The minimum Gasteiger partial charge on any atom is -0.333 e. The molecule has 1 saturated carbocycles. The highest BCUT2D eigenvalue weighted by Gasteiger charge is 2.38. The molecule has 0 aromatic rings. The van der Waals surface area contributed by atoms with Crippen molar-refractivity contribution in [2.75, 3.05) is 106 Å². The molecule has 1 fully saturated rings. The van der Waals surface area contributed by atoms with Crippen LogP contribution in [0.1, 0.15) is 81.9 Å². The van der Waals surface area contributed by atoms with E-state index in [9.17, 15) is 0 Å². The maximum Gasteiger partial charge on any atom is 0.0378 e. The van der Waals surface area contributed by atoms with E-state index in [1.54, 1.807) is 0 Å². The largest absolute Gasteiger partial charge is 0.333 e. The van der Waals surface area contributed by atoms with E-state index < -0.39 is 109 Å². The Morgan fingerprint density at radius 3 is 0.295 bits per heavy atom. The zero-order chi connectivity index (χ0) is 61.2. The number of hydrogen-bond acceptors (Lipinski definition) is 33. The zero-order valence-electron chi connectivity index (χ0n) is 47.8. The van der Waals surface area contributed by atoms with Gasteiger partial charge >= 0.3 is 0 Å². The molecule has 16 atom stereocenters. The molecular weight excluding hydrogens is 1020 g/mol. The summed E-state index contributed by atoms with van der Waals surface area (Å²) >= 11 is 0. The molecule has 1 aliphatic carbocycles. The summed E-state index contributed by atoms with van der Waals surface area (Å²) < 4.78 is 0. The van der Waals surface area contributed by atoms with Crippen molar-refractivity contribution < 1.29 is 4.28 Å². The molecule has 1 rings (SSSR count). The van der Waals surface area contributed by atoms with Gasteiger partial charge in [-0.1, -0.05) is 52.0 Å². The van der Waals surface area contributed by atoms with E-state index in [0.29, 0.717) is 0 Å². The van der Waals surface area contributed by atoms with Crippen LogP contribution in [0, 0.1) is 0 Å². The van der Waals surface area contributed by atoms with Gasteiger partial charge in [0.25, 0.3) is 0 Å². The summed E-state index contributed by atoms with van der Waals surface area (Å²) in [6.45, 7) is 0. The van der Waals surface area contributed by atoms with Crippen LogP contribution in [0.5, 0.6) is 0 Å². The van der Waals surface area contributed by atoms with Crippen LogP contribution in [0.2, 0.25) is 0 Å². The Bertz CT molecular complexity index is 668. The van der Waals surface area contributed by atoms with Crippen molar-refractivity contribution in [3.63, 3.8) is 0 Å². The van der Waals surface area contributed by atoms with E-state index in [2.05, 4.69) is 86.0 Å². The van der Waals surface area contributed by atoms with Crippen LogP contribution in [0.3, 0.4) is 0 Å². The van der Waals surface area contributed by atoms with Gasteiger partial charge in [-0.05, 0) is 131 Å². The lowest BCUT2D eigenvalue weighted by molar-refractivity contribution is 0.271. The van der Waals surface area contributed by atoms with Gasteiger partial charge in [0.2, 0.25) is 0 Å². The minimum atomic E-state index is -0.834. The predicted molar refractivity (Wildman–Crippen MR) is 378 cm³/mol. The van der Waals surface area contributed by atoms with Gasteiger partial charge in [0.1, 0.15) is 0 Å². The topological polar surface area (TPSA) is 859 Å². The van der Waals surface area contributed by atoms with Crippen molar-refractivity contribution in [2.24, 2.45) is 189 Å². The molecule has 1 aliphatic rings. The fraction of sp³-hybridized carbons (Fsp3) is 1.00. The van der Waals surface area contributed by atoms with Gasteiger partial charge < -0.3 is 189 Å². The van der Waals surface area contributed by atoms with Gasteiger partial charge in [-0.3, -0.25) is 0 Å². The second kappa shape index (κ2) is 132. The third-order valence-corrected chi connectivity index (χ3v) is 8.81. The van der Waals surface area contributed by atoms with Crippen LogP contribution < -0.4 is 189 Å². The van der Waals surface area contributed by atoms with Crippen LogP contribution in [0.4, 0.5) is 0 Å². The molecule has 16 unspecified atom stereocenters. The summed E-state index contributed by atoms with van der Waals surface area (Å²) in [4.78, 5) is 0. The molecule has 0 amide bonds. The predicted octanol–water partition coefficient (Wildman–Crippen LogP) is -11.6. The number of hydrogen-bond donors (Lipinski definition) is 33. The monoisotopic (exact) mass is 1200 g/mol. The van der Waals surface area contributed by atoms with E-state index in [4.69, 9.17) is 103 Å². The first-order valence-electron chi connectivity index (χ1n) is 22.6. The van der Waals surface area contributed by atoms with Gasteiger partial charge in [0.05, 0.1) is 0 Å². The highest BCUT2D eigenvalue weighted by atomic mass is 32.1. The zero-order valence-corrected chi connectivity index (χ0v) is 48.8. The SMILES string of the molecule is C.C.C.C.C.C.C.CN.CN.CN.CN.CN.CN.CN.CN.CN.CN.CN.CN.CN.CN.CN.NC1CC(N)C(N)C(N)C(N)C(N)C(N)C(N)CC(N)C(N)CC(N)C(N)C(N)C(N)C(N)C(N)C(N)CC1N.S.[3HH].[3HH].[3HH]. The molecule has 0 heterocycles. The Morgan fingerprint density at radius 2 is 0.218 bits per heavy atom. The van der Waals surface area contributed by atoms with Gasteiger partial charge in [0.15, 0.2) is 0 Å². The standard InChI is InChI=1S/C22H62N18.15CH5N.7CH4.H2S.3H2/c23-5-1-9(27)13(31)17(35)21(39)18(36)15(33)11(29)3-7(25)8(26)4-12(30)16(34)20(38)22(40)19(37)14(32)10(28)2-6(5)24;15*1-2;;;;;;;;;;;/h5-22H,1-4,23-40H2;15*2H2,1H3;7*1H4;1H2;3*1H/i;;;;;;;;;;;;;;;;;;;;;;;;3*1+2. The van der Waals surface area contributed by atoms with E-state index in [1.807, 2.05) is 0 Å². The maximum absolute atomic E-state index is 6.35. The number of nitrogens with two attached hydrogens (primary N) is 33. The Morgan fingerprint density at radius 1 is 0.154 bits per heavy atom. The molecule has 0 saturated heterocycles. The second-order valence-electron chi connectivity index (χ2n) is 12.0. The smallest absolute Gasteiger partial charge is 0.0378 e. The van der Waals surface area contributed by atoms with E-state index in [1.165, 1.54) is 106 Å². The third-order valence-electron chi connectivity index (χ3n) is 8.81. The summed E-state index contributed by atoms with van der Waals surface area (Å²) in [6.07, 6.45) is 0.895. The van der Waals surface area contributed by atoms with Crippen LogP contribution in [0.15, 0.2) is 0 Å². The van der Waals surface area contributed by atoms with Gasteiger partial charge in [-0.15, -0.1) is 0 Å². The first-order chi connectivity index (χ1) is 33.3. The molecular formula is C44H173N33S. The van der Waals surface area contributed by atoms with Crippen molar-refractivity contribution >= 4 is 13.5 Å². The highest BCUT2D eigenvalue weighted by molar-refractivity contribution is 7.59. The Labute approximate surface area is 497 Å². The van der Waals surface area contributed by atoms with Crippen molar-refractivity contribution in [1.29, 1.82) is 0 Å². The molecule has 66 N–H and O–H groups in total. The molecule has 78 heavy (non-hydrogen) atoms. The van der Waals surface area contributed by atoms with Crippen LogP contribution in [0.25, 0.3) is 0 Å². The fourth-order valence-electron chi connectivity index (χ4n) is 5.27. The molecule has 0 bridgehead atoms. The summed E-state index contributed by atoms with van der Waals surface area (Å²) in [6, 6.07) is -13.0. The molecule has 34 heteroatoms. The van der Waals surface area contributed by atoms with Crippen LogP contribution >= 0.6 is 13.5 Å². The van der Waals surface area contributed by atoms with E-state index in [0.717, 1.165) is 0 Å². The van der Waals surface area contributed by atoms with Crippen molar-refractivity contribution in [3.05, 3.63) is 0 Å². The van der Waals surface area contributed by atoms with Crippen LogP contribution in [-0.2, 0) is 0 Å². The van der Waals surface area contributed by atoms with Gasteiger partial charge in [-0.25, -0.2) is 0 Å². The van der Waals surface area contributed by atoms with Crippen molar-refractivity contribution in [2.45, 2.75) is 186 Å². The summed E-state index contributed by atoms with van der Waals surface area (Å²) in [5, 5.41) is 0. The lowest BCUT2D eigenvalue weighted by atomic mass is 9.81. The highest BCUT2D eigenvalue weighted by Crippen LogP contribution is 2.15. The van der Waals surface area contributed by atoms with Crippen molar-refractivity contribution in [3.8, 4) is 0 Å². The lowest BCUT2D eigenvalue weighted by Gasteiger charge is -2.39. The Kier molecular flexibility index (Phi) is 257. The molecule has 0 aromatic carbocycles. The first kappa shape index (κ1) is 153. The Hall–Kier alpha value is -0.970. The molecule has 0 aromatic heterocycles. The molecule has 33 nitrogen and oxygen atoms in total. The normalized spacial score (nSPS) is 28.0. The first-order valence-corrected chi connectivity index (χ1v) is 22.6.